The first kappa shape index (κ1) is 35.1. The molecule has 0 atom stereocenters. The highest BCUT2D eigenvalue weighted by Gasteiger charge is 2.34. The summed E-state index contributed by atoms with van der Waals surface area (Å²) in [5.74, 6) is 0. The van der Waals surface area contributed by atoms with Crippen molar-refractivity contribution in [2.24, 2.45) is 0 Å². The zero-order valence-corrected chi connectivity index (χ0v) is 23.0. The van der Waals surface area contributed by atoms with Gasteiger partial charge in [-0.1, -0.05) is 0 Å². The fourth-order valence-corrected chi connectivity index (χ4v) is 4.35. The summed E-state index contributed by atoms with van der Waals surface area (Å²) in [5.41, 5.74) is -4.11. The number of rotatable bonds is 14. The first-order chi connectivity index (χ1) is 17.0. The Balaban J connectivity index is 0.000000721. The van der Waals surface area contributed by atoms with Crippen LogP contribution < -0.4 is 0 Å². The molecular formula is C16H26N4O15S3. The minimum Gasteiger partial charge on any atom is -0.744 e. The topological polar surface area (TPSA) is 273 Å². The Hall–Kier alpha value is -2.89. The van der Waals surface area contributed by atoms with Gasteiger partial charge < -0.3 is 9.04 Å². The van der Waals surface area contributed by atoms with Gasteiger partial charge in [0.25, 0.3) is 25.9 Å². The van der Waals surface area contributed by atoms with Gasteiger partial charge in [-0.05, 0) is 0 Å². The van der Waals surface area contributed by atoms with Gasteiger partial charge in [0.15, 0.2) is 0 Å². The van der Waals surface area contributed by atoms with E-state index in [1.165, 1.54) is 0 Å². The number of benzene rings is 1. The highest BCUT2D eigenvalue weighted by atomic mass is 32.2. The third kappa shape index (κ3) is 14.2. The predicted molar refractivity (Wildman–Crippen MR) is 127 cm³/mol. The van der Waals surface area contributed by atoms with Crippen molar-refractivity contribution in [1.29, 1.82) is 0 Å². The average molecular weight is 611 g/mol. The zero-order valence-electron chi connectivity index (χ0n) is 20.5. The fraction of sp³-hybridized carbons (Fsp3) is 0.625. The van der Waals surface area contributed by atoms with Crippen LogP contribution in [0.2, 0.25) is 0 Å². The van der Waals surface area contributed by atoms with Crippen molar-refractivity contribution in [2.45, 2.75) is 17.7 Å². The highest BCUT2D eigenvalue weighted by Crippen LogP contribution is 2.36. The van der Waals surface area contributed by atoms with Crippen LogP contribution in [-0.2, 0) is 38.7 Å². The van der Waals surface area contributed by atoms with Gasteiger partial charge in [-0.25, -0.2) is 8.42 Å². The maximum atomic E-state index is 10.8. The van der Waals surface area contributed by atoms with Crippen LogP contribution in [0, 0.1) is 30.3 Å². The number of quaternary nitrogens is 1. The van der Waals surface area contributed by atoms with Crippen LogP contribution in [0.3, 0.4) is 0 Å². The second-order valence-electron chi connectivity index (χ2n) is 8.18. The monoisotopic (exact) mass is 610 g/mol. The first-order valence-electron chi connectivity index (χ1n) is 10.0. The van der Waals surface area contributed by atoms with E-state index in [1.54, 1.807) is 0 Å². The second kappa shape index (κ2) is 13.8. The Morgan fingerprint density at radius 3 is 1.32 bits per heavy atom. The zero-order chi connectivity index (χ0) is 30.1. The Kier molecular flexibility index (Phi) is 12.7. The third-order valence-electron chi connectivity index (χ3n) is 4.30. The lowest BCUT2D eigenvalue weighted by molar-refractivity contribution is -0.890. The van der Waals surface area contributed by atoms with E-state index in [4.69, 9.17) is 0 Å². The van der Waals surface area contributed by atoms with E-state index in [2.05, 4.69) is 8.37 Å². The van der Waals surface area contributed by atoms with Gasteiger partial charge in [-0.3, -0.25) is 38.7 Å². The molecule has 0 bridgehead atoms. The smallest absolute Gasteiger partial charge is 0.300 e. The summed E-state index contributed by atoms with van der Waals surface area (Å²) in [6, 6.07) is 0.329. The van der Waals surface area contributed by atoms with Gasteiger partial charge in [0.05, 0.1) is 79.8 Å². The van der Waals surface area contributed by atoms with Crippen LogP contribution >= 0.6 is 0 Å². The molecule has 22 heteroatoms. The Bertz CT molecular complexity index is 1280. The summed E-state index contributed by atoms with van der Waals surface area (Å²) in [5, 5.41) is 31.6. The number of nitro groups is 3. The minimum absolute atomic E-state index is 0.164. The average Bonchev–Trinajstić information content (AvgIpc) is 2.72. The van der Waals surface area contributed by atoms with Crippen LogP contribution in [0.15, 0.2) is 17.0 Å². The predicted octanol–water partition coefficient (Wildman–Crippen LogP) is 0.111. The number of nitrogens with zero attached hydrogens (tertiary/aromatic N) is 4. The Morgan fingerprint density at radius 1 is 0.737 bits per heavy atom. The quantitative estimate of drug-likeness (QED) is 0.0675. The molecule has 1 aromatic rings. The molecule has 0 unspecified atom stereocenters. The summed E-state index contributed by atoms with van der Waals surface area (Å²) in [4.78, 5) is 25.8. The van der Waals surface area contributed by atoms with Crippen LogP contribution in [-0.4, -0.2) is 102 Å². The molecule has 0 saturated heterocycles. The lowest BCUT2D eigenvalue weighted by Gasteiger charge is -2.29. The van der Waals surface area contributed by atoms with E-state index in [9.17, 15) is 60.1 Å². The number of hydrogen-bond donors (Lipinski definition) is 0. The van der Waals surface area contributed by atoms with Gasteiger partial charge in [0.2, 0.25) is 4.90 Å². The molecule has 0 saturated carbocycles. The van der Waals surface area contributed by atoms with E-state index < -0.39 is 67.1 Å². The third-order valence-corrected chi connectivity index (χ3v) is 6.41. The molecule has 1 rings (SSSR count). The molecule has 38 heavy (non-hydrogen) atoms. The van der Waals surface area contributed by atoms with Crippen molar-refractivity contribution < 1.29 is 57.4 Å². The van der Waals surface area contributed by atoms with Crippen LogP contribution in [0.25, 0.3) is 0 Å². The van der Waals surface area contributed by atoms with E-state index in [0.29, 0.717) is 17.3 Å². The van der Waals surface area contributed by atoms with Gasteiger partial charge >= 0.3 is 11.4 Å². The van der Waals surface area contributed by atoms with Crippen molar-refractivity contribution in [3.63, 3.8) is 0 Å². The van der Waals surface area contributed by atoms with Crippen molar-refractivity contribution >= 4 is 47.4 Å². The SMILES string of the molecule is C[N+](C)(CCCOS(C)(=O)=O)CCCOS(C)(=O)=O.O=[N+]([O-])c1cc([N+](=O)[O-])c(S(=O)(=O)[O-])c([N+](=O)[O-])c1. The molecule has 218 valence electrons. The first-order valence-corrected chi connectivity index (χ1v) is 15.1. The minimum atomic E-state index is -5.55. The lowest BCUT2D eigenvalue weighted by Crippen LogP contribution is -2.42. The van der Waals surface area contributed by atoms with E-state index in [0.717, 1.165) is 25.6 Å². The molecule has 0 heterocycles. The van der Waals surface area contributed by atoms with Crippen LogP contribution in [0.4, 0.5) is 17.1 Å². The normalized spacial score (nSPS) is 12.3. The molecule has 0 N–H and O–H groups in total. The molecule has 0 spiro atoms. The molecule has 19 nitrogen and oxygen atoms in total. The van der Waals surface area contributed by atoms with Crippen molar-refractivity contribution in [3.05, 3.63) is 42.5 Å². The molecule has 0 aliphatic heterocycles. The molecule has 0 aliphatic carbocycles. The number of nitro benzene ring substituents is 3. The molecule has 0 aliphatic rings. The summed E-state index contributed by atoms with van der Waals surface area (Å²) < 4.78 is 85.5. The molecule has 0 fully saturated rings. The molecule has 0 radical (unpaired) electrons. The number of hydrogen-bond acceptors (Lipinski definition) is 15. The van der Waals surface area contributed by atoms with Gasteiger partial charge in [-0.15, -0.1) is 0 Å². The van der Waals surface area contributed by atoms with Crippen molar-refractivity contribution in [2.75, 3.05) is 52.9 Å². The van der Waals surface area contributed by atoms with Crippen molar-refractivity contribution in [1.82, 2.24) is 0 Å². The highest BCUT2D eigenvalue weighted by molar-refractivity contribution is 7.86. The molecule has 1 aromatic carbocycles. The Labute approximate surface area is 218 Å². The summed E-state index contributed by atoms with van der Waals surface area (Å²) >= 11 is 0. The maximum Gasteiger partial charge on any atom is 0.300 e. The largest absolute Gasteiger partial charge is 0.744 e. The van der Waals surface area contributed by atoms with E-state index in [-0.39, 0.29) is 25.3 Å². The van der Waals surface area contributed by atoms with Crippen LogP contribution in [0.5, 0.6) is 0 Å². The summed E-state index contributed by atoms with van der Waals surface area (Å²) in [7, 11) is -8.32. The summed E-state index contributed by atoms with van der Waals surface area (Å²) in [6.45, 7) is 1.82. The maximum absolute atomic E-state index is 10.8. The standard InChI is InChI=1S/C10H24NO6S2.C6H3N3O9S/c1-11(2,7-5-9-16-18(3,12)13)8-6-10-17-19(4,14)15;10-7(11)3-1-4(8(12)13)6(19(16,17)18)5(2-3)9(14)15/h5-10H2,1-4H3;1-2H,(H,16,17,18)/q+1;/p-1. The van der Waals surface area contributed by atoms with Crippen molar-refractivity contribution in [3.8, 4) is 0 Å². The van der Waals surface area contributed by atoms with E-state index >= 15 is 0 Å². The molecular weight excluding hydrogens is 584 g/mol. The molecule has 0 amide bonds. The van der Waals surface area contributed by atoms with Gasteiger partial charge in [-0.2, -0.15) is 16.8 Å². The number of non-ortho nitro benzene ring substituents is 1. The van der Waals surface area contributed by atoms with Gasteiger partial charge in [0, 0.05) is 12.8 Å². The summed E-state index contributed by atoms with van der Waals surface area (Å²) in [6.07, 6.45) is 3.28. The Morgan fingerprint density at radius 2 is 1.08 bits per heavy atom. The second-order valence-corrected chi connectivity index (χ2v) is 12.8. The fourth-order valence-electron chi connectivity index (χ4n) is 2.73. The molecule has 0 aromatic heterocycles. The van der Waals surface area contributed by atoms with Crippen LogP contribution in [0.1, 0.15) is 12.8 Å². The van der Waals surface area contributed by atoms with Gasteiger partial charge in [0.1, 0.15) is 10.1 Å². The lowest BCUT2D eigenvalue weighted by atomic mass is 10.2. The van der Waals surface area contributed by atoms with E-state index in [1.807, 2.05) is 14.1 Å².